The number of amides is 1. The lowest BCUT2D eigenvalue weighted by Crippen LogP contribution is -2.36. The number of carbonyl (C=O) groups is 1. The Hall–Kier alpha value is -1.95. The Labute approximate surface area is 131 Å². The van der Waals surface area contributed by atoms with Crippen LogP contribution < -0.4 is 10.5 Å². The van der Waals surface area contributed by atoms with Crippen molar-refractivity contribution in [2.75, 3.05) is 25.9 Å². The van der Waals surface area contributed by atoms with Crippen molar-refractivity contribution in [2.45, 2.75) is 38.6 Å². The van der Waals surface area contributed by atoms with Gasteiger partial charge in [0.05, 0.1) is 13.1 Å². The van der Waals surface area contributed by atoms with Gasteiger partial charge in [-0.05, 0) is 32.9 Å². The maximum atomic E-state index is 12.1. The third kappa shape index (κ3) is 4.27. The highest BCUT2D eigenvalue weighted by Gasteiger charge is 2.38. The quantitative estimate of drug-likeness (QED) is 0.867. The van der Waals surface area contributed by atoms with Gasteiger partial charge in [0.25, 0.3) is 0 Å². The first-order valence-electron chi connectivity index (χ1n) is 7.31. The molecule has 1 fully saturated rings. The van der Waals surface area contributed by atoms with Gasteiger partial charge in [0.15, 0.2) is 0 Å². The highest BCUT2D eigenvalue weighted by atomic mass is 16.6. The molecule has 0 aliphatic carbocycles. The highest BCUT2D eigenvalue weighted by Crippen LogP contribution is 2.23. The van der Waals surface area contributed by atoms with Crippen LogP contribution in [0.5, 0.6) is 5.75 Å². The molecule has 0 spiro atoms. The number of rotatable bonds is 3. The third-order valence-corrected chi connectivity index (χ3v) is 3.32. The molecule has 22 heavy (non-hydrogen) atoms. The maximum Gasteiger partial charge on any atom is 0.410 e. The molecule has 122 valence electrons. The molecule has 2 atom stereocenters. The van der Waals surface area contributed by atoms with E-state index in [2.05, 4.69) is 0 Å². The molecule has 1 amide bonds. The molecule has 1 heterocycles. The minimum Gasteiger partial charge on any atom is -0.486 e. The molecule has 0 bridgehead atoms. The number of likely N-dealkylation sites (tertiary alicyclic amines) is 1. The monoisotopic (exact) mass is 308 g/mol. The van der Waals surface area contributed by atoms with Crippen molar-refractivity contribution in [1.29, 1.82) is 0 Å². The lowest BCUT2D eigenvalue weighted by Gasteiger charge is -2.24. The Morgan fingerprint density at radius 2 is 1.95 bits per heavy atom. The van der Waals surface area contributed by atoms with Gasteiger partial charge in [-0.3, -0.25) is 0 Å². The molecule has 0 radical (unpaired) electrons. The SMILES string of the molecule is CO[C@@H]1CN(C(=O)OC(C)(C)C)C[C@H]1Oc1cccc(N)c1. The number of benzene rings is 1. The molecule has 1 aromatic carbocycles. The Balaban J connectivity index is 2.02. The van der Waals surface area contributed by atoms with Crippen molar-refractivity contribution in [3.8, 4) is 5.75 Å². The number of methoxy groups -OCH3 is 1. The van der Waals surface area contributed by atoms with E-state index in [4.69, 9.17) is 19.9 Å². The number of ether oxygens (including phenoxy) is 3. The molecule has 1 aliphatic heterocycles. The van der Waals surface area contributed by atoms with Crippen LogP contribution in [0.1, 0.15) is 20.8 Å². The van der Waals surface area contributed by atoms with Gasteiger partial charge in [0.2, 0.25) is 0 Å². The Bertz CT molecular complexity index is 527. The average Bonchev–Trinajstić information content (AvgIpc) is 2.80. The van der Waals surface area contributed by atoms with Crippen molar-refractivity contribution >= 4 is 11.8 Å². The van der Waals surface area contributed by atoms with Gasteiger partial charge < -0.3 is 24.8 Å². The number of nitrogens with zero attached hydrogens (tertiary/aromatic N) is 1. The third-order valence-electron chi connectivity index (χ3n) is 3.32. The van der Waals surface area contributed by atoms with E-state index >= 15 is 0 Å². The predicted molar refractivity (Wildman–Crippen MR) is 83.9 cm³/mol. The number of nitrogens with two attached hydrogens (primary N) is 1. The van der Waals surface area contributed by atoms with Crippen LogP contribution >= 0.6 is 0 Å². The fourth-order valence-electron chi connectivity index (χ4n) is 2.32. The van der Waals surface area contributed by atoms with Crippen LogP contribution in [0, 0.1) is 0 Å². The first-order valence-corrected chi connectivity index (χ1v) is 7.31. The van der Waals surface area contributed by atoms with Crippen LogP contribution in [0.2, 0.25) is 0 Å². The van der Waals surface area contributed by atoms with E-state index in [0.717, 1.165) is 0 Å². The van der Waals surface area contributed by atoms with Crippen molar-refractivity contribution in [3.63, 3.8) is 0 Å². The smallest absolute Gasteiger partial charge is 0.410 e. The Morgan fingerprint density at radius 1 is 1.27 bits per heavy atom. The van der Waals surface area contributed by atoms with Gasteiger partial charge in [0.1, 0.15) is 23.6 Å². The van der Waals surface area contributed by atoms with Crippen LogP contribution in [-0.4, -0.2) is 49.0 Å². The predicted octanol–water partition coefficient (Wildman–Crippen LogP) is 2.28. The summed E-state index contributed by atoms with van der Waals surface area (Å²) < 4.78 is 16.7. The molecule has 0 saturated carbocycles. The van der Waals surface area contributed by atoms with E-state index in [9.17, 15) is 4.79 Å². The molecule has 0 aromatic heterocycles. The van der Waals surface area contributed by atoms with Crippen LogP contribution in [0.15, 0.2) is 24.3 Å². The number of carbonyl (C=O) groups excluding carboxylic acids is 1. The number of anilines is 1. The second-order valence-corrected chi connectivity index (χ2v) is 6.39. The fourth-order valence-corrected chi connectivity index (χ4v) is 2.32. The zero-order chi connectivity index (χ0) is 16.3. The van der Waals surface area contributed by atoms with E-state index in [0.29, 0.717) is 24.5 Å². The molecule has 6 nitrogen and oxygen atoms in total. The summed E-state index contributed by atoms with van der Waals surface area (Å²) in [7, 11) is 1.61. The van der Waals surface area contributed by atoms with Crippen LogP contribution in [0.4, 0.5) is 10.5 Å². The van der Waals surface area contributed by atoms with Crippen molar-refractivity contribution in [1.82, 2.24) is 4.90 Å². The largest absolute Gasteiger partial charge is 0.486 e. The van der Waals surface area contributed by atoms with E-state index < -0.39 is 5.60 Å². The van der Waals surface area contributed by atoms with Gasteiger partial charge in [0, 0.05) is 18.9 Å². The molecule has 2 rings (SSSR count). The summed E-state index contributed by atoms with van der Waals surface area (Å²) in [5.41, 5.74) is 5.86. The zero-order valence-electron chi connectivity index (χ0n) is 13.5. The molecule has 6 heteroatoms. The molecule has 0 unspecified atom stereocenters. The summed E-state index contributed by atoms with van der Waals surface area (Å²) in [5.74, 6) is 0.665. The van der Waals surface area contributed by atoms with E-state index in [1.165, 1.54) is 0 Å². The summed E-state index contributed by atoms with van der Waals surface area (Å²) in [5, 5.41) is 0. The average molecular weight is 308 g/mol. The molecule has 1 aromatic rings. The van der Waals surface area contributed by atoms with Crippen molar-refractivity contribution in [2.24, 2.45) is 0 Å². The standard InChI is InChI=1S/C16H24N2O4/c1-16(2,3)22-15(19)18-9-13(20-4)14(10-18)21-12-7-5-6-11(17)8-12/h5-8,13-14H,9-10,17H2,1-4H3/t13-,14-/m1/s1. The highest BCUT2D eigenvalue weighted by molar-refractivity contribution is 5.68. The van der Waals surface area contributed by atoms with Gasteiger partial charge in [-0.15, -0.1) is 0 Å². The number of hydrogen-bond acceptors (Lipinski definition) is 5. The first-order chi connectivity index (χ1) is 10.3. The molecule has 1 saturated heterocycles. The molecular formula is C16H24N2O4. The Morgan fingerprint density at radius 3 is 2.55 bits per heavy atom. The van der Waals surface area contributed by atoms with E-state index in [1.54, 1.807) is 24.1 Å². The maximum absolute atomic E-state index is 12.1. The van der Waals surface area contributed by atoms with Gasteiger partial charge in [-0.25, -0.2) is 4.79 Å². The molecule has 1 aliphatic rings. The van der Waals surface area contributed by atoms with Crippen molar-refractivity contribution < 1.29 is 19.0 Å². The first kappa shape index (κ1) is 16.4. The lowest BCUT2D eigenvalue weighted by atomic mass is 10.2. The van der Waals surface area contributed by atoms with Crippen LogP contribution in [0.3, 0.4) is 0 Å². The normalized spacial score (nSPS) is 21.7. The van der Waals surface area contributed by atoms with E-state index in [1.807, 2.05) is 32.9 Å². The molecular weight excluding hydrogens is 284 g/mol. The van der Waals surface area contributed by atoms with Crippen LogP contribution in [0.25, 0.3) is 0 Å². The van der Waals surface area contributed by atoms with Gasteiger partial charge in [-0.2, -0.15) is 0 Å². The second-order valence-electron chi connectivity index (χ2n) is 6.39. The summed E-state index contributed by atoms with van der Waals surface area (Å²) in [6, 6.07) is 7.21. The second kappa shape index (κ2) is 6.44. The van der Waals surface area contributed by atoms with Crippen LogP contribution in [-0.2, 0) is 9.47 Å². The minimum absolute atomic E-state index is 0.200. The fraction of sp³-hybridized carbons (Fsp3) is 0.562. The van der Waals surface area contributed by atoms with E-state index in [-0.39, 0.29) is 18.3 Å². The summed E-state index contributed by atoms with van der Waals surface area (Å²) in [6.07, 6.45) is -0.804. The zero-order valence-corrected chi connectivity index (χ0v) is 13.5. The number of hydrogen-bond donors (Lipinski definition) is 1. The lowest BCUT2D eigenvalue weighted by molar-refractivity contribution is 0.0241. The van der Waals surface area contributed by atoms with Gasteiger partial charge >= 0.3 is 6.09 Å². The summed E-state index contributed by atoms with van der Waals surface area (Å²) in [6.45, 7) is 6.39. The molecule has 2 N–H and O–H groups in total. The Kier molecular flexibility index (Phi) is 4.81. The summed E-state index contributed by atoms with van der Waals surface area (Å²) in [4.78, 5) is 13.8. The van der Waals surface area contributed by atoms with Crippen molar-refractivity contribution in [3.05, 3.63) is 24.3 Å². The number of nitrogen functional groups attached to an aromatic ring is 1. The van der Waals surface area contributed by atoms with Gasteiger partial charge in [-0.1, -0.05) is 6.07 Å². The summed E-state index contributed by atoms with van der Waals surface area (Å²) >= 11 is 0. The minimum atomic E-state index is -0.521. The topological polar surface area (TPSA) is 74.0 Å².